The van der Waals surface area contributed by atoms with Crippen LogP contribution in [0.2, 0.25) is 0 Å². The Balaban J connectivity index is 4.41. The van der Waals surface area contributed by atoms with Crippen LogP contribution in [0.25, 0.3) is 0 Å². The second kappa shape index (κ2) is 3.88. The van der Waals surface area contributed by atoms with Gasteiger partial charge in [-0.15, -0.1) is 0 Å². The zero-order valence-corrected chi connectivity index (χ0v) is 6.21. The molecule has 0 heterocycles. The molecule has 0 aliphatic carbocycles. The molecule has 60 valence electrons. The van der Waals surface area contributed by atoms with Crippen molar-refractivity contribution in [2.75, 3.05) is 13.1 Å². The number of hydrogen-bond donors (Lipinski definition) is 0. The predicted octanol–water partition coefficient (Wildman–Crippen LogP) is -1.20. The Bertz CT molecular complexity index is 280. The average molecular weight is 174 g/mol. The largest absolute Gasteiger partial charge is 0.735 e. The first-order valence-corrected chi connectivity index (χ1v) is 3.83. The summed E-state index contributed by atoms with van der Waals surface area (Å²) >= 11 is 0. The third-order valence-electron chi connectivity index (χ3n) is 0.810. The molecule has 0 saturated carbocycles. The topological polar surface area (TPSA) is 108 Å². The zero-order valence-electron chi connectivity index (χ0n) is 5.39. The smallest absolute Gasteiger partial charge is 0.163 e. The molecule has 0 radical (unpaired) electrons. The molecule has 0 rings (SSSR count). The van der Waals surface area contributed by atoms with Gasteiger partial charge in [0, 0.05) is 0 Å². The van der Waals surface area contributed by atoms with Gasteiger partial charge in [0.05, 0.1) is 12.1 Å². The van der Waals surface area contributed by atoms with Gasteiger partial charge in [0.2, 0.25) is 0 Å². The van der Waals surface area contributed by atoms with Crippen LogP contribution < -0.4 is 0 Å². The van der Waals surface area contributed by atoms with Crippen LogP contribution in [0.5, 0.6) is 0 Å². The standard InChI is InChI=1S/C4H5N3O3S/c5-1-3-7(4-2-6)11(8,9)10/h3-4H2,(H,8,9,10)/p-1. The molecule has 0 amide bonds. The van der Waals surface area contributed by atoms with E-state index in [4.69, 9.17) is 10.5 Å². The summed E-state index contributed by atoms with van der Waals surface area (Å²) in [7, 11) is -4.65. The van der Waals surface area contributed by atoms with E-state index in [-0.39, 0.29) is 4.31 Å². The lowest BCUT2D eigenvalue weighted by molar-refractivity contribution is 0.378. The van der Waals surface area contributed by atoms with E-state index in [1.807, 2.05) is 0 Å². The molecule has 6 nitrogen and oxygen atoms in total. The maximum Gasteiger partial charge on any atom is 0.163 e. The Morgan fingerprint density at radius 1 is 1.27 bits per heavy atom. The predicted molar refractivity (Wildman–Crippen MR) is 32.5 cm³/mol. The summed E-state index contributed by atoms with van der Waals surface area (Å²) < 4.78 is 30.8. The minimum Gasteiger partial charge on any atom is -0.735 e. The van der Waals surface area contributed by atoms with Gasteiger partial charge in [-0.1, -0.05) is 0 Å². The van der Waals surface area contributed by atoms with Crippen LogP contribution in [-0.2, 0) is 10.3 Å². The molecule has 7 heteroatoms. The van der Waals surface area contributed by atoms with Crippen LogP contribution in [0, 0.1) is 22.7 Å². The second-order valence-corrected chi connectivity index (χ2v) is 2.91. The van der Waals surface area contributed by atoms with Crippen molar-refractivity contribution in [2.24, 2.45) is 0 Å². The fourth-order valence-corrected chi connectivity index (χ4v) is 0.803. The number of nitrogens with zero attached hydrogens (tertiary/aromatic N) is 3. The van der Waals surface area contributed by atoms with Gasteiger partial charge in [-0.3, -0.25) is 0 Å². The van der Waals surface area contributed by atoms with Crippen molar-refractivity contribution in [1.82, 2.24) is 4.31 Å². The zero-order chi connectivity index (χ0) is 8.91. The first-order valence-electron chi connectivity index (χ1n) is 2.47. The summed E-state index contributed by atoms with van der Waals surface area (Å²) in [5.41, 5.74) is 0. The highest BCUT2D eigenvalue weighted by molar-refractivity contribution is 7.83. The van der Waals surface area contributed by atoms with Crippen molar-refractivity contribution in [1.29, 1.82) is 10.5 Å². The molecule has 0 unspecified atom stereocenters. The highest BCUT2D eigenvalue weighted by atomic mass is 32.2. The third kappa shape index (κ3) is 3.53. The molecule has 11 heavy (non-hydrogen) atoms. The van der Waals surface area contributed by atoms with Crippen molar-refractivity contribution in [3.8, 4) is 12.1 Å². The molecule has 0 N–H and O–H groups in total. The normalized spacial score (nSPS) is 10.5. The number of rotatable bonds is 3. The minimum atomic E-state index is -4.65. The summed E-state index contributed by atoms with van der Waals surface area (Å²) in [5.74, 6) is 0. The van der Waals surface area contributed by atoms with Crippen molar-refractivity contribution in [3.63, 3.8) is 0 Å². The molecule has 0 atom stereocenters. The summed E-state index contributed by atoms with van der Waals surface area (Å²) in [4.78, 5) is 0. The highest BCUT2D eigenvalue weighted by Crippen LogP contribution is 1.93. The molecule has 0 spiro atoms. The Labute approximate surface area is 64.1 Å². The van der Waals surface area contributed by atoms with Crippen LogP contribution >= 0.6 is 0 Å². The molecule has 0 bridgehead atoms. The van der Waals surface area contributed by atoms with Gasteiger partial charge in [-0.25, -0.2) is 8.42 Å². The maximum absolute atomic E-state index is 10.2. The summed E-state index contributed by atoms with van der Waals surface area (Å²) in [6.45, 7) is -1.17. The monoisotopic (exact) mass is 174 g/mol. The highest BCUT2D eigenvalue weighted by Gasteiger charge is 2.09. The lowest BCUT2D eigenvalue weighted by Crippen LogP contribution is -2.31. The summed E-state index contributed by atoms with van der Waals surface area (Å²) in [6.07, 6.45) is 0. The van der Waals surface area contributed by atoms with Crippen LogP contribution in [-0.4, -0.2) is 30.4 Å². The molecule has 0 aromatic carbocycles. The maximum atomic E-state index is 10.2. The van der Waals surface area contributed by atoms with Gasteiger partial charge >= 0.3 is 0 Å². The number of nitriles is 2. The molecule has 0 aliphatic heterocycles. The fourth-order valence-electron chi connectivity index (χ4n) is 0.372. The molecule has 0 aromatic rings. The lowest BCUT2D eigenvalue weighted by atomic mass is 10.6. The van der Waals surface area contributed by atoms with Gasteiger partial charge in [-0.05, 0) is 0 Å². The summed E-state index contributed by atoms with van der Waals surface area (Å²) in [5, 5.41) is 16.0. The molecule has 0 aliphatic rings. The van der Waals surface area contributed by atoms with Crippen molar-refractivity contribution < 1.29 is 13.0 Å². The van der Waals surface area contributed by atoms with Crippen molar-refractivity contribution in [3.05, 3.63) is 0 Å². The van der Waals surface area contributed by atoms with Gasteiger partial charge in [0.25, 0.3) is 0 Å². The Morgan fingerprint density at radius 3 is 1.82 bits per heavy atom. The van der Waals surface area contributed by atoms with E-state index in [0.717, 1.165) is 0 Å². The van der Waals surface area contributed by atoms with E-state index in [1.165, 1.54) is 12.1 Å². The van der Waals surface area contributed by atoms with Crippen molar-refractivity contribution in [2.45, 2.75) is 0 Å². The number of hydrogen-bond acceptors (Lipinski definition) is 5. The van der Waals surface area contributed by atoms with E-state index >= 15 is 0 Å². The van der Waals surface area contributed by atoms with E-state index in [2.05, 4.69) is 0 Å². The first kappa shape index (κ1) is 9.85. The van der Waals surface area contributed by atoms with Crippen LogP contribution in [0.1, 0.15) is 0 Å². The van der Waals surface area contributed by atoms with E-state index < -0.39 is 23.4 Å². The quantitative estimate of drug-likeness (QED) is 0.394. The first-order chi connectivity index (χ1) is 5.02. The minimum absolute atomic E-state index is 0.243. The van der Waals surface area contributed by atoms with Crippen molar-refractivity contribution >= 4 is 10.3 Å². The Morgan fingerprint density at radius 2 is 1.64 bits per heavy atom. The van der Waals surface area contributed by atoms with E-state index in [0.29, 0.717) is 0 Å². The fraction of sp³-hybridized carbons (Fsp3) is 0.500. The van der Waals surface area contributed by atoms with Gasteiger partial charge in [0.1, 0.15) is 13.1 Å². The molecule has 0 aromatic heterocycles. The second-order valence-electron chi connectivity index (χ2n) is 1.54. The lowest BCUT2D eigenvalue weighted by Gasteiger charge is -2.18. The van der Waals surface area contributed by atoms with Gasteiger partial charge < -0.3 is 4.55 Å². The van der Waals surface area contributed by atoms with E-state index in [9.17, 15) is 13.0 Å². The molecular formula is C4H4N3O3S-. The molecule has 0 fully saturated rings. The Kier molecular flexibility index (Phi) is 3.48. The molecule has 0 saturated heterocycles. The van der Waals surface area contributed by atoms with Gasteiger partial charge in [-0.2, -0.15) is 14.8 Å². The van der Waals surface area contributed by atoms with E-state index in [1.54, 1.807) is 0 Å². The SMILES string of the molecule is N#CCN(CC#N)S(=O)(=O)[O-]. The average Bonchev–Trinajstić information content (AvgIpc) is 1.85. The summed E-state index contributed by atoms with van der Waals surface area (Å²) in [6, 6.07) is 2.91. The van der Waals surface area contributed by atoms with Crippen LogP contribution in [0.3, 0.4) is 0 Å². The molecular weight excluding hydrogens is 170 g/mol. The van der Waals surface area contributed by atoms with Gasteiger partial charge in [0.15, 0.2) is 10.3 Å². The van der Waals surface area contributed by atoms with Crippen LogP contribution in [0.15, 0.2) is 0 Å². The third-order valence-corrected chi connectivity index (χ3v) is 1.70. The van der Waals surface area contributed by atoms with Crippen LogP contribution in [0.4, 0.5) is 0 Å². The Hall–Kier alpha value is -1.15.